The van der Waals surface area contributed by atoms with Gasteiger partial charge < -0.3 is 10.5 Å². The topological polar surface area (TPSA) is 72.6 Å². The Bertz CT molecular complexity index is 577. The van der Waals surface area contributed by atoms with Gasteiger partial charge in [-0.05, 0) is 30.0 Å². The number of halogens is 1. The van der Waals surface area contributed by atoms with Gasteiger partial charge in [-0.1, -0.05) is 17.7 Å². The summed E-state index contributed by atoms with van der Waals surface area (Å²) in [6, 6.07) is 4.84. The first kappa shape index (κ1) is 15.7. The molecule has 0 aliphatic carbocycles. The molecule has 1 unspecified atom stereocenters. The molecule has 0 saturated carbocycles. The number of hydrogen-bond donors (Lipinski definition) is 1. The molecule has 1 saturated heterocycles. The number of nitrogens with zero attached hydrogens (tertiary/aromatic N) is 1. The van der Waals surface area contributed by atoms with Gasteiger partial charge in [0, 0.05) is 26.7 Å². The average molecular weight is 319 g/mol. The van der Waals surface area contributed by atoms with Crippen molar-refractivity contribution in [3.05, 3.63) is 28.8 Å². The summed E-state index contributed by atoms with van der Waals surface area (Å²) >= 11 is 6.08. The van der Waals surface area contributed by atoms with Gasteiger partial charge in [-0.3, -0.25) is 0 Å². The predicted octanol–water partition coefficient (Wildman–Crippen LogP) is 1.46. The first-order valence-corrected chi connectivity index (χ1v) is 8.28. The summed E-state index contributed by atoms with van der Waals surface area (Å²) in [5, 5.41) is 0.225. The Hall–Kier alpha value is -0.660. The SMILES string of the molecule is COCC1CCN(S(=O)(=O)c2ccc(CN)cc2Cl)C1. The Kier molecular flexibility index (Phi) is 5.04. The van der Waals surface area contributed by atoms with Crippen LogP contribution >= 0.6 is 11.6 Å². The second kappa shape index (κ2) is 6.41. The Labute approximate surface area is 124 Å². The minimum atomic E-state index is -3.54. The van der Waals surface area contributed by atoms with Crippen LogP contribution in [0, 0.1) is 5.92 Å². The monoisotopic (exact) mass is 318 g/mol. The van der Waals surface area contributed by atoms with Gasteiger partial charge in [-0.15, -0.1) is 0 Å². The highest BCUT2D eigenvalue weighted by Gasteiger charge is 2.33. The van der Waals surface area contributed by atoms with Crippen LogP contribution in [0.1, 0.15) is 12.0 Å². The van der Waals surface area contributed by atoms with E-state index in [1.165, 1.54) is 10.4 Å². The standard InChI is InChI=1S/C13H19ClN2O3S/c1-19-9-11-4-5-16(8-11)20(17,18)13-3-2-10(7-15)6-12(13)14/h2-3,6,11H,4-5,7-9,15H2,1H3. The molecular weight excluding hydrogens is 300 g/mol. The number of rotatable bonds is 5. The van der Waals surface area contributed by atoms with Crippen LogP contribution in [0.2, 0.25) is 5.02 Å². The highest BCUT2D eigenvalue weighted by Crippen LogP contribution is 2.29. The molecule has 1 aliphatic heterocycles. The molecule has 0 radical (unpaired) electrons. The van der Waals surface area contributed by atoms with Crippen LogP contribution in [-0.4, -0.2) is 39.5 Å². The lowest BCUT2D eigenvalue weighted by Gasteiger charge is -2.17. The molecule has 1 fully saturated rings. The van der Waals surface area contributed by atoms with E-state index < -0.39 is 10.0 Å². The molecule has 1 aromatic rings. The van der Waals surface area contributed by atoms with Crippen LogP contribution in [0.5, 0.6) is 0 Å². The van der Waals surface area contributed by atoms with Gasteiger partial charge in [0.25, 0.3) is 0 Å². The van der Waals surface area contributed by atoms with Crippen molar-refractivity contribution in [2.45, 2.75) is 17.9 Å². The van der Waals surface area contributed by atoms with Crippen molar-refractivity contribution in [2.24, 2.45) is 11.7 Å². The molecule has 2 rings (SSSR count). The lowest BCUT2D eigenvalue weighted by Crippen LogP contribution is -2.29. The van der Waals surface area contributed by atoms with Crippen molar-refractivity contribution in [3.8, 4) is 0 Å². The molecule has 7 heteroatoms. The number of nitrogens with two attached hydrogens (primary N) is 1. The Morgan fingerprint density at radius 2 is 2.25 bits per heavy atom. The summed E-state index contributed by atoms with van der Waals surface area (Å²) < 4.78 is 31.7. The van der Waals surface area contributed by atoms with Crippen molar-refractivity contribution in [2.75, 3.05) is 26.8 Å². The smallest absolute Gasteiger partial charge is 0.244 e. The molecule has 20 heavy (non-hydrogen) atoms. The zero-order valence-corrected chi connectivity index (χ0v) is 13.0. The average Bonchev–Trinajstić information content (AvgIpc) is 2.88. The number of methoxy groups -OCH3 is 1. The van der Waals surface area contributed by atoms with Crippen molar-refractivity contribution < 1.29 is 13.2 Å². The van der Waals surface area contributed by atoms with E-state index in [1.54, 1.807) is 19.2 Å². The van der Waals surface area contributed by atoms with Crippen LogP contribution in [0.15, 0.2) is 23.1 Å². The van der Waals surface area contributed by atoms with Gasteiger partial charge in [-0.2, -0.15) is 4.31 Å². The normalized spacial score (nSPS) is 20.4. The first-order chi connectivity index (χ1) is 9.48. The van der Waals surface area contributed by atoms with E-state index in [-0.39, 0.29) is 15.8 Å². The molecule has 0 aromatic heterocycles. The fraction of sp³-hybridized carbons (Fsp3) is 0.538. The van der Waals surface area contributed by atoms with E-state index in [4.69, 9.17) is 22.1 Å². The zero-order chi connectivity index (χ0) is 14.8. The van der Waals surface area contributed by atoms with E-state index >= 15 is 0 Å². The van der Waals surface area contributed by atoms with Crippen molar-refractivity contribution >= 4 is 21.6 Å². The van der Waals surface area contributed by atoms with Crippen LogP contribution in [0.3, 0.4) is 0 Å². The third-order valence-electron chi connectivity index (χ3n) is 3.50. The Morgan fingerprint density at radius 1 is 1.50 bits per heavy atom. The number of sulfonamides is 1. The molecular formula is C13H19ClN2O3S. The highest BCUT2D eigenvalue weighted by atomic mass is 35.5. The summed E-state index contributed by atoms with van der Waals surface area (Å²) in [6.07, 6.45) is 0.811. The molecule has 0 bridgehead atoms. The molecule has 2 N–H and O–H groups in total. The maximum absolute atomic E-state index is 12.6. The summed E-state index contributed by atoms with van der Waals surface area (Å²) in [5.74, 6) is 0.247. The van der Waals surface area contributed by atoms with Gasteiger partial charge in [-0.25, -0.2) is 8.42 Å². The first-order valence-electron chi connectivity index (χ1n) is 6.46. The van der Waals surface area contributed by atoms with Crippen LogP contribution in [0.25, 0.3) is 0 Å². The van der Waals surface area contributed by atoms with Gasteiger partial charge in [0.2, 0.25) is 10.0 Å². The van der Waals surface area contributed by atoms with Crippen LogP contribution < -0.4 is 5.73 Å². The van der Waals surface area contributed by atoms with E-state index in [1.807, 2.05) is 0 Å². The predicted molar refractivity (Wildman–Crippen MR) is 78.1 cm³/mol. The van der Waals surface area contributed by atoms with Crippen LogP contribution in [-0.2, 0) is 21.3 Å². The molecule has 1 atom stereocenters. The fourth-order valence-electron chi connectivity index (χ4n) is 2.41. The molecule has 1 aliphatic rings. The quantitative estimate of drug-likeness (QED) is 0.892. The van der Waals surface area contributed by atoms with Gasteiger partial charge in [0.1, 0.15) is 4.90 Å². The summed E-state index contributed by atoms with van der Waals surface area (Å²) in [6.45, 7) is 1.89. The second-order valence-corrected chi connectivity index (χ2v) is 7.26. The maximum atomic E-state index is 12.6. The highest BCUT2D eigenvalue weighted by molar-refractivity contribution is 7.89. The third-order valence-corrected chi connectivity index (χ3v) is 5.85. The number of ether oxygens (including phenoxy) is 1. The molecule has 5 nitrogen and oxygen atoms in total. The maximum Gasteiger partial charge on any atom is 0.244 e. The van der Waals surface area contributed by atoms with Crippen molar-refractivity contribution in [3.63, 3.8) is 0 Å². The second-order valence-electron chi connectivity index (χ2n) is 4.94. The zero-order valence-electron chi connectivity index (χ0n) is 11.4. The van der Waals surface area contributed by atoms with E-state index in [0.717, 1.165) is 12.0 Å². The van der Waals surface area contributed by atoms with E-state index in [9.17, 15) is 8.42 Å². The Morgan fingerprint density at radius 3 is 2.85 bits per heavy atom. The lowest BCUT2D eigenvalue weighted by molar-refractivity contribution is 0.157. The molecule has 0 spiro atoms. The third kappa shape index (κ3) is 3.15. The molecule has 112 valence electrons. The van der Waals surface area contributed by atoms with Crippen molar-refractivity contribution in [1.82, 2.24) is 4.31 Å². The van der Waals surface area contributed by atoms with Gasteiger partial charge >= 0.3 is 0 Å². The van der Waals surface area contributed by atoms with Crippen molar-refractivity contribution in [1.29, 1.82) is 0 Å². The molecule has 1 aromatic carbocycles. The lowest BCUT2D eigenvalue weighted by atomic mass is 10.1. The minimum Gasteiger partial charge on any atom is -0.384 e. The van der Waals surface area contributed by atoms with Crippen LogP contribution in [0.4, 0.5) is 0 Å². The largest absolute Gasteiger partial charge is 0.384 e. The summed E-state index contributed by atoms with van der Waals surface area (Å²) in [4.78, 5) is 0.148. The number of benzene rings is 1. The summed E-state index contributed by atoms with van der Waals surface area (Å²) in [5.41, 5.74) is 6.33. The minimum absolute atomic E-state index is 0.148. The van der Waals surface area contributed by atoms with E-state index in [2.05, 4.69) is 0 Å². The van der Waals surface area contributed by atoms with E-state index in [0.29, 0.717) is 26.2 Å². The number of hydrogen-bond acceptors (Lipinski definition) is 4. The molecule has 0 amide bonds. The summed E-state index contributed by atoms with van der Waals surface area (Å²) in [7, 11) is -1.92. The Balaban J connectivity index is 2.23. The fourth-order valence-corrected chi connectivity index (χ4v) is 4.48. The van der Waals surface area contributed by atoms with Gasteiger partial charge in [0.05, 0.1) is 11.6 Å². The molecule has 1 heterocycles. The van der Waals surface area contributed by atoms with Gasteiger partial charge in [0.15, 0.2) is 0 Å².